The van der Waals surface area contributed by atoms with Crippen LogP contribution in [0.1, 0.15) is 42.1 Å². The summed E-state index contributed by atoms with van der Waals surface area (Å²) >= 11 is 0. The Hall–Kier alpha value is -2.50. The van der Waals surface area contributed by atoms with Crippen molar-refractivity contribution in [3.8, 4) is 0 Å². The summed E-state index contributed by atoms with van der Waals surface area (Å²) in [5.41, 5.74) is 1.57. The van der Waals surface area contributed by atoms with Gasteiger partial charge in [0.15, 0.2) is 0 Å². The predicted octanol–water partition coefficient (Wildman–Crippen LogP) is 3.19. The first-order chi connectivity index (χ1) is 12.2. The average Bonchev–Trinajstić information content (AvgIpc) is 3.04. The third kappa shape index (κ3) is 4.53. The van der Waals surface area contributed by atoms with Crippen LogP contribution in [0.2, 0.25) is 0 Å². The lowest BCUT2D eigenvalue weighted by Gasteiger charge is -2.21. The van der Waals surface area contributed by atoms with Crippen LogP contribution in [-0.4, -0.2) is 28.5 Å². The van der Waals surface area contributed by atoms with E-state index < -0.39 is 0 Å². The fraction of sp³-hybridized carbons (Fsp3) is 0.421. The molecular weight excluding hydrogens is 319 g/mol. The molecule has 2 N–H and O–H groups in total. The van der Waals surface area contributed by atoms with Gasteiger partial charge in [0, 0.05) is 25.0 Å². The summed E-state index contributed by atoms with van der Waals surface area (Å²) in [5.74, 6) is 0.533. The monoisotopic (exact) mass is 342 g/mol. The van der Waals surface area contributed by atoms with E-state index in [4.69, 9.17) is 0 Å². The Morgan fingerprint density at radius 2 is 1.92 bits per heavy atom. The first-order valence-electron chi connectivity index (χ1n) is 8.77. The first kappa shape index (κ1) is 17.3. The number of aromatic nitrogens is 2. The van der Waals surface area contributed by atoms with Gasteiger partial charge in [-0.3, -0.25) is 4.79 Å². The number of carbonyl (C=O) groups is 1. The highest BCUT2D eigenvalue weighted by Gasteiger charge is 2.29. The van der Waals surface area contributed by atoms with Crippen LogP contribution in [0, 0.1) is 11.7 Å². The summed E-state index contributed by atoms with van der Waals surface area (Å²) in [6, 6.07) is 6.74. The van der Waals surface area contributed by atoms with E-state index in [-0.39, 0.29) is 17.8 Å². The zero-order chi connectivity index (χ0) is 17.6. The first-order valence-corrected chi connectivity index (χ1v) is 8.77. The SMILES string of the molecule is CCNc1ncc(C(=O)N[C@@H]2CCC[C@@H]2Cc2ccc(F)cc2)cn1. The molecule has 1 heterocycles. The molecule has 1 aromatic heterocycles. The van der Waals surface area contributed by atoms with Gasteiger partial charge in [0.25, 0.3) is 5.91 Å². The molecule has 2 atom stereocenters. The molecule has 0 bridgehead atoms. The molecule has 1 aliphatic rings. The number of hydrogen-bond acceptors (Lipinski definition) is 4. The van der Waals surface area contributed by atoms with Crippen molar-refractivity contribution in [2.75, 3.05) is 11.9 Å². The number of amides is 1. The molecule has 1 saturated carbocycles. The molecule has 2 aromatic rings. The minimum atomic E-state index is -0.221. The van der Waals surface area contributed by atoms with E-state index >= 15 is 0 Å². The van der Waals surface area contributed by atoms with Crippen molar-refractivity contribution >= 4 is 11.9 Å². The third-order valence-electron chi connectivity index (χ3n) is 4.64. The molecular formula is C19H23FN4O. The van der Waals surface area contributed by atoms with E-state index in [0.717, 1.165) is 37.8 Å². The quantitative estimate of drug-likeness (QED) is 0.846. The van der Waals surface area contributed by atoms with Crippen LogP contribution in [0.25, 0.3) is 0 Å². The Bertz CT molecular complexity index is 702. The van der Waals surface area contributed by atoms with Crippen molar-refractivity contribution in [2.45, 2.75) is 38.6 Å². The molecule has 1 fully saturated rings. The van der Waals surface area contributed by atoms with E-state index in [1.807, 2.05) is 19.1 Å². The summed E-state index contributed by atoms with van der Waals surface area (Å²) in [4.78, 5) is 20.7. The molecule has 25 heavy (non-hydrogen) atoms. The topological polar surface area (TPSA) is 66.9 Å². The van der Waals surface area contributed by atoms with Gasteiger partial charge in [-0.05, 0) is 49.8 Å². The summed E-state index contributed by atoms with van der Waals surface area (Å²) < 4.78 is 13.0. The Kier molecular flexibility index (Phi) is 5.58. The maximum atomic E-state index is 13.0. The highest BCUT2D eigenvalue weighted by molar-refractivity contribution is 5.93. The van der Waals surface area contributed by atoms with Crippen LogP contribution in [0.3, 0.4) is 0 Å². The number of hydrogen-bond donors (Lipinski definition) is 2. The van der Waals surface area contributed by atoms with Gasteiger partial charge in [-0.1, -0.05) is 18.6 Å². The van der Waals surface area contributed by atoms with Crippen molar-refractivity contribution in [1.29, 1.82) is 0 Å². The number of nitrogens with one attached hydrogen (secondary N) is 2. The lowest BCUT2D eigenvalue weighted by molar-refractivity contribution is 0.0927. The van der Waals surface area contributed by atoms with Gasteiger partial charge in [-0.25, -0.2) is 14.4 Å². The van der Waals surface area contributed by atoms with Crippen LogP contribution < -0.4 is 10.6 Å². The molecule has 132 valence electrons. The summed E-state index contributed by atoms with van der Waals surface area (Å²) in [5, 5.41) is 6.12. The largest absolute Gasteiger partial charge is 0.355 e. The number of anilines is 1. The summed E-state index contributed by atoms with van der Waals surface area (Å²) in [6.07, 6.45) is 7.06. The molecule has 6 heteroatoms. The van der Waals surface area contributed by atoms with Gasteiger partial charge in [0.1, 0.15) is 5.82 Å². The molecule has 0 aliphatic heterocycles. The maximum absolute atomic E-state index is 13.0. The minimum Gasteiger partial charge on any atom is -0.355 e. The highest BCUT2D eigenvalue weighted by atomic mass is 19.1. The van der Waals surface area contributed by atoms with E-state index in [9.17, 15) is 9.18 Å². The number of nitrogens with zero attached hydrogens (tertiary/aromatic N) is 2. The second kappa shape index (κ2) is 8.05. The molecule has 0 spiro atoms. The number of carbonyl (C=O) groups excluding carboxylic acids is 1. The molecule has 1 aliphatic carbocycles. The zero-order valence-electron chi connectivity index (χ0n) is 14.3. The van der Waals surface area contributed by atoms with Crippen molar-refractivity contribution in [2.24, 2.45) is 5.92 Å². The van der Waals surface area contributed by atoms with E-state index in [0.29, 0.717) is 17.4 Å². The summed E-state index contributed by atoms with van der Waals surface area (Å²) in [7, 11) is 0. The Morgan fingerprint density at radius 1 is 1.20 bits per heavy atom. The van der Waals surface area contributed by atoms with Gasteiger partial charge in [0.2, 0.25) is 5.95 Å². The second-order valence-electron chi connectivity index (χ2n) is 6.43. The van der Waals surface area contributed by atoms with Gasteiger partial charge in [-0.2, -0.15) is 0 Å². The molecule has 1 amide bonds. The normalized spacial score (nSPS) is 19.6. The van der Waals surface area contributed by atoms with Crippen molar-refractivity contribution in [3.63, 3.8) is 0 Å². The maximum Gasteiger partial charge on any atom is 0.254 e. The molecule has 3 rings (SSSR count). The van der Waals surface area contributed by atoms with Gasteiger partial charge in [0.05, 0.1) is 5.56 Å². The average molecular weight is 342 g/mol. The fourth-order valence-corrected chi connectivity index (χ4v) is 3.34. The molecule has 1 aromatic carbocycles. The number of rotatable bonds is 6. The molecule has 5 nitrogen and oxygen atoms in total. The van der Waals surface area contributed by atoms with Crippen LogP contribution >= 0.6 is 0 Å². The van der Waals surface area contributed by atoms with Crippen molar-refractivity contribution in [1.82, 2.24) is 15.3 Å². The van der Waals surface area contributed by atoms with E-state index in [2.05, 4.69) is 20.6 Å². The highest BCUT2D eigenvalue weighted by Crippen LogP contribution is 2.29. The van der Waals surface area contributed by atoms with Crippen LogP contribution in [0.4, 0.5) is 10.3 Å². The van der Waals surface area contributed by atoms with Crippen molar-refractivity contribution < 1.29 is 9.18 Å². The Balaban J connectivity index is 1.60. The number of halogens is 1. The second-order valence-corrected chi connectivity index (χ2v) is 6.43. The van der Waals surface area contributed by atoms with Crippen LogP contribution in [-0.2, 0) is 6.42 Å². The predicted molar refractivity (Wildman–Crippen MR) is 94.9 cm³/mol. The lowest BCUT2D eigenvalue weighted by atomic mass is 9.94. The fourth-order valence-electron chi connectivity index (χ4n) is 3.34. The molecule has 0 radical (unpaired) electrons. The molecule has 0 saturated heterocycles. The van der Waals surface area contributed by atoms with Crippen molar-refractivity contribution in [3.05, 3.63) is 53.6 Å². The van der Waals surface area contributed by atoms with Gasteiger partial charge in [-0.15, -0.1) is 0 Å². The Morgan fingerprint density at radius 3 is 2.60 bits per heavy atom. The number of benzene rings is 1. The smallest absolute Gasteiger partial charge is 0.254 e. The summed E-state index contributed by atoms with van der Waals surface area (Å²) in [6.45, 7) is 2.70. The minimum absolute atomic E-state index is 0.131. The van der Waals surface area contributed by atoms with Crippen LogP contribution in [0.5, 0.6) is 0 Å². The standard InChI is InChI=1S/C19H23FN4O/c1-2-21-19-22-11-15(12-23-19)18(25)24-17-5-3-4-14(17)10-13-6-8-16(20)9-7-13/h6-9,11-12,14,17H,2-5,10H2,1H3,(H,24,25)(H,21,22,23)/t14-,17-/m1/s1. The van der Waals surface area contributed by atoms with E-state index in [1.54, 1.807) is 12.4 Å². The van der Waals surface area contributed by atoms with Crippen LogP contribution in [0.15, 0.2) is 36.7 Å². The Labute approximate surface area is 147 Å². The molecule has 0 unspecified atom stereocenters. The lowest BCUT2D eigenvalue weighted by Crippen LogP contribution is -2.38. The third-order valence-corrected chi connectivity index (χ3v) is 4.64. The van der Waals surface area contributed by atoms with E-state index in [1.165, 1.54) is 12.1 Å². The zero-order valence-corrected chi connectivity index (χ0v) is 14.3. The van der Waals surface area contributed by atoms with Gasteiger partial charge < -0.3 is 10.6 Å². The van der Waals surface area contributed by atoms with Gasteiger partial charge >= 0.3 is 0 Å².